The van der Waals surface area contributed by atoms with Gasteiger partial charge < -0.3 is 50.8 Å². The molecule has 9 rings (SSSR count). The number of amides is 6. The van der Waals surface area contributed by atoms with Gasteiger partial charge in [0.05, 0.1) is 68.1 Å². The predicted molar refractivity (Wildman–Crippen MR) is 307 cm³/mol. The van der Waals surface area contributed by atoms with Crippen molar-refractivity contribution in [1.82, 2.24) is 16.0 Å². The minimum Gasteiger partial charge on any atom is -0.496 e. The molecule has 396 valence electrons. The zero-order valence-electron chi connectivity index (χ0n) is 43.4. The Labute approximate surface area is 463 Å². The van der Waals surface area contributed by atoms with Gasteiger partial charge in [0.25, 0.3) is 23.6 Å². The molecule has 2 heterocycles. The molecule has 0 aromatic heterocycles. The number of fused-ring (bicyclic) bond motifs is 4. The number of nitrogens with one attached hydrogen (secondary N) is 3. The van der Waals surface area contributed by atoms with Gasteiger partial charge in [-0.25, -0.2) is 0 Å². The number of ether oxygens (including phenoxy) is 2. The number of hydrogen-bond donors (Lipinski definition) is 4. The lowest BCUT2D eigenvalue weighted by molar-refractivity contribution is -0.128. The molecule has 0 bridgehead atoms. The zero-order chi connectivity index (χ0) is 54.8. The smallest absolute Gasteiger partial charge is 0.258 e. The minimum absolute atomic E-state index is 0.0269. The maximum absolute atomic E-state index is 15.4. The first kappa shape index (κ1) is 54.2. The zero-order valence-corrected chi connectivity index (χ0v) is 46.5. The van der Waals surface area contributed by atoms with Gasteiger partial charge in [-0.15, -0.1) is 0 Å². The molecule has 18 heteroatoms. The van der Waals surface area contributed by atoms with E-state index in [0.717, 1.165) is 37.1 Å². The summed E-state index contributed by atoms with van der Waals surface area (Å²) < 4.78 is 12.4. The van der Waals surface area contributed by atoms with Crippen LogP contribution in [0.1, 0.15) is 56.8 Å². The molecule has 7 aromatic rings. The van der Waals surface area contributed by atoms with E-state index >= 15 is 19.2 Å². The molecule has 2 aliphatic heterocycles. The highest BCUT2D eigenvalue weighted by Gasteiger charge is 2.41. The lowest BCUT2D eigenvalue weighted by Crippen LogP contribution is -2.55. The van der Waals surface area contributed by atoms with Gasteiger partial charge in [0.1, 0.15) is 29.1 Å². The van der Waals surface area contributed by atoms with Crippen molar-refractivity contribution >= 4 is 112 Å². The van der Waals surface area contributed by atoms with Crippen molar-refractivity contribution < 1.29 is 38.2 Å². The normalized spacial score (nSPS) is 16.3. The first-order valence-corrected chi connectivity index (χ1v) is 27.0. The van der Waals surface area contributed by atoms with Crippen molar-refractivity contribution in [2.45, 2.75) is 65.0 Å². The van der Waals surface area contributed by atoms with Crippen LogP contribution in [0.3, 0.4) is 0 Å². The molecule has 0 unspecified atom stereocenters. The van der Waals surface area contributed by atoms with Gasteiger partial charge >= 0.3 is 0 Å². The summed E-state index contributed by atoms with van der Waals surface area (Å²) in [5, 5.41) is 12.3. The Bertz CT molecular complexity index is 3500. The molecule has 7 aromatic carbocycles. The van der Waals surface area contributed by atoms with Crippen LogP contribution in [0, 0.1) is 13.8 Å². The van der Waals surface area contributed by atoms with E-state index in [1.807, 2.05) is 66.7 Å². The highest BCUT2D eigenvalue weighted by molar-refractivity contribution is 9.10. The van der Waals surface area contributed by atoms with Gasteiger partial charge in [0, 0.05) is 21.2 Å². The van der Waals surface area contributed by atoms with Gasteiger partial charge in [-0.3, -0.25) is 28.8 Å². The van der Waals surface area contributed by atoms with E-state index in [0.29, 0.717) is 50.9 Å². The number of anilines is 4. The molecule has 77 heavy (non-hydrogen) atoms. The maximum Gasteiger partial charge on any atom is 0.258 e. The monoisotopic (exact) mass is 1160 g/mol. The molecular formula is C59H58Br2N8O8. The molecule has 4 atom stereocenters. The number of nitrogens with two attached hydrogens (primary N) is 1. The highest BCUT2D eigenvalue weighted by atomic mass is 79.9. The summed E-state index contributed by atoms with van der Waals surface area (Å²) in [5.41, 5.74) is 11.1. The Kier molecular flexibility index (Phi) is 16.1. The van der Waals surface area contributed by atoms with E-state index in [-0.39, 0.29) is 37.3 Å². The summed E-state index contributed by atoms with van der Waals surface area (Å²) in [6.07, 6.45) is 0. The third-order valence-corrected chi connectivity index (χ3v) is 15.0. The lowest BCUT2D eigenvalue weighted by atomic mass is 9.97. The average molecular weight is 1170 g/mol. The van der Waals surface area contributed by atoms with Gasteiger partial charge in [0.15, 0.2) is 0 Å². The lowest BCUT2D eigenvalue weighted by Gasteiger charge is -2.28. The molecule has 6 amide bonds. The summed E-state index contributed by atoms with van der Waals surface area (Å²) in [5.74, 6) is -1.61. The summed E-state index contributed by atoms with van der Waals surface area (Å²) in [4.78, 5) is 93.9. The van der Waals surface area contributed by atoms with Crippen LogP contribution >= 0.6 is 31.9 Å². The average Bonchev–Trinajstić information content (AvgIpc) is 3.61. The second-order valence-electron chi connectivity index (χ2n) is 19.2. The molecule has 16 nitrogen and oxygen atoms in total. The Morgan fingerprint density at radius 2 is 1.21 bits per heavy atom. The SMILES string of the molecule is CN[C@@H](C)C(=O)N[C@H]1CN(C(=O)c2cc(C)c(C(=O)N3C[C@H](NC(=O)[C@H](C)N)C(=O)N(Cc4c(OC)ccc5cc(Br)ccc45)c4ccccc43)cc2C)c2ccccc2N(Cc2cccc3cc(OCBr)ccc23)C1=O. The number of aryl methyl sites for hydroxylation is 2. The van der Waals surface area contributed by atoms with Gasteiger partial charge in [-0.2, -0.15) is 0 Å². The number of para-hydroxylation sites is 4. The van der Waals surface area contributed by atoms with Crippen LogP contribution in [0.4, 0.5) is 22.7 Å². The van der Waals surface area contributed by atoms with E-state index in [1.165, 1.54) is 16.7 Å². The molecule has 2 aliphatic rings. The second kappa shape index (κ2) is 22.9. The highest BCUT2D eigenvalue weighted by Crippen LogP contribution is 2.40. The molecule has 0 fully saturated rings. The fourth-order valence-corrected chi connectivity index (χ4v) is 10.7. The standard InChI is InChI=1S/C59H58Br2N8O8/c1-33-25-45(57(73)69-31-48(65-55(71)36(4)63-5)58(74)66(49-14-7-9-16-51(49)69)28-39-13-11-12-37-27-41(77-32-60)20-22-42(37)39)34(2)24-44(33)56(72)68-30-47(64-54(70)35(3)62)59(75)67(50-15-8-10-17-52(50)68)29-46-43-21-19-40(61)26-38(43)18-23-53(46)76-6/h7-27,35-36,47-48,63H,28-32,62H2,1-6H3,(H,64,70)(H,65,71)/t35-,36-,47-,48-/m0/s1. The summed E-state index contributed by atoms with van der Waals surface area (Å²) in [6, 6.07) is 34.7. The molecular weight excluding hydrogens is 1110 g/mol. The van der Waals surface area contributed by atoms with Crippen molar-refractivity contribution in [3.8, 4) is 11.5 Å². The van der Waals surface area contributed by atoms with Crippen molar-refractivity contribution in [3.63, 3.8) is 0 Å². The Morgan fingerprint density at radius 3 is 1.77 bits per heavy atom. The Morgan fingerprint density at radius 1 is 0.662 bits per heavy atom. The molecule has 5 N–H and O–H groups in total. The quantitative estimate of drug-likeness (QED) is 0.0768. The largest absolute Gasteiger partial charge is 0.496 e. The van der Waals surface area contributed by atoms with Gasteiger partial charge in [-0.05, 0) is 156 Å². The predicted octanol–water partition coefficient (Wildman–Crippen LogP) is 8.42. The van der Waals surface area contributed by atoms with E-state index in [9.17, 15) is 9.59 Å². The number of carbonyl (C=O) groups is 6. The van der Waals surface area contributed by atoms with Crippen molar-refractivity contribution in [2.75, 3.05) is 52.4 Å². The van der Waals surface area contributed by atoms with Crippen LogP contribution in [0.25, 0.3) is 21.5 Å². The van der Waals surface area contributed by atoms with Crippen molar-refractivity contribution in [1.29, 1.82) is 0 Å². The van der Waals surface area contributed by atoms with Gasteiger partial charge in [0.2, 0.25) is 11.8 Å². The van der Waals surface area contributed by atoms with Gasteiger partial charge in [-0.1, -0.05) is 76.6 Å². The maximum atomic E-state index is 15.4. The number of halogens is 2. The minimum atomic E-state index is -1.23. The molecule has 0 aliphatic carbocycles. The topological polar surface area (TPSA) is 196 Å². The summed E-state index contributed by atoms with van der Waals surface area (Å²) >= 11 is 6.89. The Balaban J connectivity index is 1.09. The van der Waals surface area contributed by atoms with Crippen LogP contribution in [0.2, 0.25) is 0 Å². The second-order valence-corrected chi connectivity index (χ2v) is 20.6. The fraction of sp³-hybridized carbons (Fsp3) is 0.254. The number of methoxy groups -OCH3 is 1. The molecule has 0 spiro atoms. The van der Waals surface area contributed by atoms with Crippen LogP contribution in [0.5, 0.6) is 11.5 Å². The molecule has 0 saturated heterocycles. The van der Waals surface area contributed by atoms with Crippen molar-refractivity contribution in [2.24, 2.45) is 5.73 Å². The summed E-state index contributed by atoms with van der Waals surface area (Å²) in [6.45, 7) is 6.35. The number of carbonyl (C=O) groups excluding carboxylic acids is 6. The third kappa shape index (κ3) is 10.9. The number of hydrogen-bond acceptors (Lipinski definition) is 10. The van der Waals surface area contributed by atoms with Crippen LogP contribution in [-0.2, 0) is 32.3 Å². The number of nitrogens with zero attached hydrogens (tertiary/aromatic N) is 4. The first-order valence-electron chi connectivity index (χ1n) is 25.1. The summed E-state index contributed by atoms with van der Waals surface area (Å²) in [7, 11) is 3.21. The van der Waals surface area contributed by atoms with E-state index in [4.69, 9.17) is 15.2 Å². The number of rotatable bonds is 14. The van der Waals surface area contributed by atoms with Crippen molar-refractivity contribution in [3.05, 3.63) is 165 Å². The number of benzene rings is 7. The molecule has 0 saturated carbocycles. The molecule has 0 radical (unpaired) electrons. The van der Waals surface area contributed by atoms with Crippen LogP contribution in [-0.4, -0.2) is 92.4 Å². The number of alkyl halides is 1. The Hall–Kier alpha value is -7.64. The van der Waals surface area contributed by atoms with Crippen LogP contribution in [0.15, 0.2) is 132 Å². The van der Waals surface area contributed by atoms with E-state index in [2.05, 4.69) is 47.8 Å². The third-order valence-electron chi connectivity index (χ3n) is 14.3. The van der Waals surface area contributed by atoms with Crippen LogP contribution < -0.4 is 50.8 Å². The fourth-order valence-electron chi connectivity index (χ4n) is 10.0. The van der Waals surface area contributed by atoms with E-state index < -0.39 is 59.6 Å². The number of likely N-dealkylation sites (N-methyl/N-ethyl adjacent to an activating group) is 1. The van der Waals surface area contributed by atoms with E-state index in [1.54, 1.807) is 105 Å². The first-order chi connectivity index (χ1) is 37.0.